The van der Waals surface area contributed by atoms with E-state index in [4.69, 9.17) is 11.6 Å². The average Bonchev–Trinajstić information content (AvgIpc) is 3.17. The van der Waals surface area contributed by atoms with Gasteiger partial charge in [-0.05, 0) is 35.9 Å². The molecule has 4 rings (SSSR count). The summed E-state index contributed by atoms with van der Waals surface area (Å²) >= 11 is 6.01. The number of imidazole rings is 2. The summed E-state index contributed by atoms with van der Waals surface area (Å²) < 4.78 is 1.74. The van der Waals surface area contributed by atoms with Crippen molar-refractivity contribution < 1.29 is 4.79 Å². The molecular weight excluding hydrogens is 326 g/mol. The third kappa shape index (κ3) is 2.51. The van der Waals surface area contributed by atoms with E-state index in [2.05, 4.69) is 20.3 Å². The van der Waals surface area contributed by atoms with Crippen molar-refractivity contribution in [1.82, 2.24) is 24.8 Å². The fraction of sp³-hybridized carbons (Fsp3) is 0.118. The Morgan fingerprint density at radius 1 is 1.25 bits per heavy atom. The Bertz CT molecular complexity index is 1070. The zero-order chi connectivity index (χ0) is 16.7. The third-order valence-corrected chi connectivity index (χ3v) is 4.22. The smallest absolute Gasteiger partial charge is 0.287 e. The van der Waals surface area contributed by atoms with E-state index in [1.165, 1.54) is 0 Å². The molecule has 2 aromatic carbocycles. The monoisotopic (exact) mass is 339 g/mol. The van der Waals surface area contributed by atoms with E-state index in [0.29, 0.717) is 17.4 Å². The molecule has 0 saturated carbocycles. The average molecular weight is 340 g/mol. The van der Waals surface area contributed by atoms with Crippen LogP contribution in [0.5, 0.6) is 0 Å². The van der Waals surface area contributed by atoms with E-state index < -0.39 is 0 Å². The van der Waals surface area contributed by atoms with E-state index in [0.717, 1.165) is 27.6 Å². The first kappa shape index (κ1) is 14.7. The fourth-order valence-corrected chi connectivity index (χ4v) is 2.89. The van der Waals surface area contributed by atoms with Crippen molar-refractivity contribution in [2.75, 3.05) is 0 Å². The highest BCUT2D eigenvalue weighted by Crippen LogP contribution is 2.20. The van der Waals surface area contributed by atoms with Crippen molar-refractivity contribution in [2.24, 2.45) is 7.05 Å². The summed E-state index contributed by atoms with van der Waals surface area (Å²) in [6.07, 6.45) is 1.65. The maximum absolute atomic E-state index is 12.5. The zero-order valence-electron chi connectivity index (χ0n) is 12.9. The number of amides is 1. The van der Waals surface area contributed by atoms with Crippen molar-refractivity contribution in [3.63, 3.8) is 0 Å². The first-order chi connectivity index (χ1) is 11.6. The molecule has 120 valence electrons. The summed E-state index contributed by atoms with van der Waals surface area (Å²) in [5.41, 5.74) is 4.40. The topological polar surface area (TPSA) is 75.6 Å². The number of hydrogen-bond donors (Lipinski definition) is 2. The predicted molar refractivity (Wildman–Crippen MR) is 93.0 cm³/mol. The van der Waals surface area contributed by atoms with Crippen LogP contribution in [-0.2, 0) is 13.6 Å². The molecule has 4 aromatic rings. The maximum atomic E-state index is 12.5. The Morgan fingerprint density at radius 2 is 2.08 bits per heavy atom. The highest BCUT2D eigenvalue weighted by Gasteiger charge is 2.15. The molecule has 6 nitrogen and oxygen atoms in total. The number of halogens is 1. The van der Waals surface area contributed by atoms with Gasteiger partial charge in [-0.25, -0.2) is 9.97 Å². The predicted octanol–water partition coefficient (Wildman–Crippen LogP) is 3.03. The molecule has 0 atom stereocenters. The molecule has 1 amide bonds. The van der Waals surface area contributed by atoms with Gasteiger partial charge in [-0.2, -0.15) is 0 Å². The summed E-state index contributed by atoms with van der Waals surface area (Å²) in [6, 6.07) is 11.2. The number of carbonyl (C=O) groups excluding carboxylic acids is 1. The van der Waals surface area contributed by atoms with E-state index in [-0.39, 0.29) is 5.91 Å². The lowest BCUT2D eigenvalue weighted by atomic mass is 10.2. The molecule has 2 aromatic heterocycles. The third-order valence-electron chi connectivity index (χ3n) is 3.98. The van der Waals surface area contributed by atoms with Crippen LogP contribution in [0.4, 0.5) is 0 Å². The van der Waals surface area contributed by atoms with Gasteiger partial charge in [-0.15, -0.1) is 0 Å². The van der Waals surface area contributed by atoms with Crippen LogP contribution in [0.15, 0.2) is 42.7 Å². The Hall–Kier alpha value is -2.86. The molecule has 0 aliphatic heterocycles. The number of aryl methyl sites for hydroxylation is 1. The maximum Gasteiger partial charge on any atom is 0.287 e. The van der Waals surface area contributed by atoms with Crippen LogP contribution in [0, 0.1) is 0 Å². The lowest BCUT2D eigenvalue weighted by Gasteiger charge is -2.05. The van der Waals surface area contributed by atoms with E-state index in [9.17, 15) is 4.79 Å². The largest absolute Gasteiger partial charge is 0.345 e. The molecule has 0 radical (unpaired) electrons. The van der Waals surface area contributed by atoms with Crippen molar-refractivity contribution >= 4 is 39.6 Å². The van der Waals surface area contributed by atoms with Gasteiger partial charge in [0.2, 0.25) is 0 Å². The van der Waals surface area contributed by atoms with Crippen LogP contribution in [0.3, 0.4) is 0 Å². The zero-order valence-corrected chi connectivity index (χ0v) is 13.6. The number of rotatable bonds is 3. The van der Waals surface area contributed by atoms with E-state index in [1.54, 1.807) is 36.1 Å². The minimum atomic E-state index is -0.227. The second-order valence-corrected chi connectivity index (χ2v) is 6.00. The minimum absolute atomic E-state index is 0.227. The molecule has 0 aliphatic carbocycles. The van der Waals surface area contributed by atoms with Gasteiger partial charge in [0.1, 0.15) is 0 Å². The molecule has 2 N–H and O–H groups in total. The van der Waals surface area contributed by atoms with Crippen molar-refractivity contribution in [3.8, 4) is 0 Å². The Balaban J connectivity index is 1.56. The standard InChI is InChI=1S/C17H14ClN5O/c1-23-15-7-11(18)3-5-13(15)22-16(23)17(24)19-8-10-2-4-12-14(6-10)21-9-20-12/h2-7,9H,8H2,1H3,(H,19,24)(H,20,21). The highest BCUT2D eigenvalue weighted by atomic mass is 35.5. The molecule has 0 bridgehead atoms. The molecule has 7 heteroatoms. The van der Waals surface area contributed by atoms with Crippen molar-refractivity contribution in [1.29, 1.82) is 0 Å². The molecule has 0 spiro atoms. The highest BCUT2D eigenvalue weighted by molar-refractivity contribution is 6.31. The molecule has 0 aliphatic rings. The van der Waals surface area contributed by atoms with Crippen LogP contribution >= 0.6 is 11.6 Å². The molecule has 2 heterocycles. The molecular formula is C17H14ClN5O. The van der Waals surface area contributed by atoms with Gasteiger partial charge in [-0.1, -0.05) is 17.7 Å². The van der Waals surface area contributed by atoms with Crippen LogP contribution in [0.1, 0.15) is 16.2 Å². The summed E-state index contributed by atoms with van der Waals surface area (Å²) in [5, 5.41) is 3.52. The first-order valence-corrected chi connectivity index (χ1v) is 7.82. The van der Waals surface area contributed by atoms with Crippen molar-refractivity contribution in [3.05, 3.63) is 59.1 Å². The molecule has 24 heavy (non-hydrogen) atoms. The van der Waals surface area contributed by atoms with E-state index in [1.807, 2.05) is 18.2 Å². The minimum Gasteiger partial charge on any atom is -0.345 e. The Labute approximate surface area is 142 Å². The number of fused-ring (bicyclic) bond motifs is 2. The Kier molecular flexibility index (Phi) is 3.46. The van der Waals surface area contributed by atoms with Crippen LogP contribution in [0.2, 0.25) is 5.02 Å². The van der Waals surface area contributed by atoms with Gasteiger partial charge >= 0.3 is 0 Å². The summed E-state index contributed by atoms with van der Waals surface area (Å²) in [4.78, 5) is 24.1. The van der Waals surface area contributed by atoms with Gasteiger partial charge in [0.05, 0.1) is 28.4 Å². The summed E-state index contributed by atoms with van der Waals surface area (Å²) in [5.74, 6) is 0.129. The molecule has 0 saturated heterocycles. The number of hydrogen-bond acceptors (Lipinski definition) is 3. The first-order valence-electron chi connectivity index (χ1n) is 7.44. The SMILES string of the molecule is Cn1c(C(=O)NCc2ccc3nc[nH]c3c2)nc2ccc(Cl)cc21. The van der Waals surface area contributed by atoms with Crippen LogP contribution in [0.25, 0.3) is 22.1 Å². The van der Waals surface area contributed by atoms with Crippen molar-refractivity contribution in [2.45, 2.75) is 6.54 Å². The fourth-order valence-electron chi connectivity index (χ4n) is 2.72. The number of benzene rings is 2. The second-order valence-electron chi connectivity index (χ2n) is 5.56. The van der Waals surface area contributed by atoms with Gasteiger partial charge in [0, 0.05) is 18.6 Å². The van der Waals surface area contributed by atoms with Gasteiger partial charge in [0.15, 0.2) is 5.82 Å². The number of aromatic amines is 1. The number of nitrogens with zero attached hydrogens (tertiary/aromatic N) is 3. The summed E-state index contributed by atoms with van der Waals surface area (Å²) in [7, 11) is 1.80. The number of carbonyl (C=O) groups is 1. The molecule has 0 fully saturated rings. The normalized spacial score (nSPS) is 11.2. The van der Waals surface area contributed by atoms with Gasteiger partial charge in [-0.3, -0.25) is 4.79 Å². The van der Waals surface area contributed by atoms with Crippen LogP contribution in [-0.4, -0.2) is 25.4 Å². The van der Waals surface area contributed by atoms with Crippen LogP contribution < -0.4 is 5.32 Å². The molecule has 0 unspecified atom stereocenters. The second kappa shape index (κ2) is 5.65. The van der Waals surface area contributed by atoms with Gasteiger partial charge in [0.25, 0.3) is 5.91 Å². The quantitative estimate of drug-likeness (QED) is 0.602. The lowest BCUT2D eigenvalue weighted by Crippen LogP contribution is -2.25. The van der Waals surface area contributed by atoms with E-state index >= 15 is 0 Å². The lowest BCUT2D eigenvalue weighted by molar-refractivity contribution is 0.0938. The Morgan fingerprint density at radius 3 is 2.96 bits per heavy atom. The summed E-state index contributed by atoms with van der Waals surface area (Å²) in [6.45, 7) is 0.414. The number of H-pyrrole nitrogens is 1. The number of aromatic nitrogens is 4. The van der Waals surface area contributed by atoms with Gasteiger partial charge < -0.3 is 14.9 Å². The number of nitrogens with one attached hydrogen (secondary N) is 2.